The van der Waals surface area contributed by atoms with Crippen LogP contribution in [-0.2, 0) is 0 Å². The van der Waals surface area contributed by atoms with Gasteiger partial charge in [0.25, 0.3) is 0 Å². The van der Waals surface area contributed by atoms with Crippen LogP contribution in [0, 0.1) is 17.8 Å². The summed E-state index contributed by atoms with van der Waals surface area (Å²) in [5, 5.41) is 0. The fourth-order valence-electron chi connectivity index (χ4n) is 3.08. The maximum Gasteiger partial charge on any atom is -0.00745 e. The van der Waals surface area contributed by atoms with Crippen LogP contribution in [0.25, 0.3) is 0 Å². The summed E-state index contributed by atoms with van der Waals surface area (Å²) in [5.41, 5.74) is 17.0. The minimum atomic E-state index is 0.809. The summed E-state index contributed by atoms with van der Waals surface area (Å²) in [6, 6.07) is 0. The van der Waals surface area contributed by atoms with Gasteiger partial charge in [-0.05, 0) is 69.5 Å². The fourth-order valence-corrected chi connectivity index (χ4v) is 3.08. The molecule has 0 saturated heterocycles. The van der Waals surface area contributed by atoms with Gasteiger partial charge in [0, 0.05) is 0 Å². The molecule has 90 valence electrons. The summed E-state index contributed by atoms with van der Waals surface area (Å²) in [7, 11) is 0. The summed E-state index contributed by atoms with van der Waals surface area (Å²) < 4.78 is 0. The van der Waals surface area contributed by atoms with Crippen molar-refractivity contribution < 1.29 is 0 Å². The summed E-state index contributed by atoms with van der Waals surface area (Å²) in [6.07, 6.45) is 7.57. The molecule has 1 aliphatic carbocycles. The van der Waals surface area contributed by atoms with Gasteiger partial charge in [0.2, 0.25) is 0 Å². The van der Waals surface area contributed by atoms with E-state index in [9.17, 15) is 0 Å². The molecule has 0 aromatic rings. The summed E-state index contributed by atoms with van der Waals surface area (Å²) in [6.45, 7) is 2.48. The van der Waals surface area contributed by atoms with E-state index in [2.05, 4.69) is 0 Å². The van der Waals surface area contributed by atoms with Gasteiger partial charge in [0.1, 0.15) is 0 Å². The average molecular weight is 213 g/mol. The number of nitrogens with two attached hydrogens (primary N) is 3. The fraction of sp³-hybridized carbons (Fsp3) is 1.00. The molecule has 6 N–H and O–H groups in total. The molecule has 1 saturated carbocycles. The Morgan fingerprint density at radius 3 is 1.93 bits per heavy atom. The molecule has 0 amide bonds. The van der Waals surface area contributed by atoms with Crippen LogP contribution >= 0.6 is 0 Å². The van der Waals surface area contributed by atoms with E-state index in [0.717, 1.165) is 37.4 Å². The van der Waals surface area contributed by atoms with Crippen molar-refractivity contribution >= 4 is 0 Å². The van der Waals surface area contributed by atoms with Gasteiger partial charge in [0.15, 0.2) is 0 Å². The molecular formula is C12H27N3. The van der Waals surface area contributed by atoms with E-state index < -0.39 is 0 Å². The molecule has 3 unspecified atom stereocenters. The number of hydrogen-bond acceptors (Lipinski definition) is 3. The second-order valence-corrected chi connectivity index (χ2v) is 4.93. The maximum atomic E-state index is 5.68. The highest BCUT2D eigenvalue weighted by atomic mass is 14.6. The van der Waals surface area contributed by atoms with E-state index in [-0.39, 0.29) is 0 Å². The molecule has 3 atom stereocenters. The van der Waals surface area contributed by atoms with E-state index in [4.69, 9.17) is 17.2 Å². The van der Waals surface area contributed by atoms with Gasteiger partial charge in [-0.2, -0.15) is 0 Å². The first-order chi connectivity index (χ1) is 7.31. The van der Waals surface area contributed by atoms with Crippen molar-refractivity contribution in [3.8, 4) is 0 Å². The smallest absolute Gasteiger partial charge is 0.00745 e. The third-order valence-electron chi connectivity index (χ3n) is 3.90. The van der Waals surface area contributed by atoms with Crippen molar-refractivity contribution in [1.82, 2.24) is 0 Å². The predicted molar refractivity (Wildman–Crippen MR) is 65.3 cm³/mol. The molecule has 3 nitrogen and oxygen atoms in total. The predicted octanol–water partition coefficient (Wildman–Crippen LogP) is 1.07. The summed E-state index contributed by atoms with van der Waals surface area (Å²) >= 11 is 0. The first-order valence-corrected chi connectivity index (χ1v) is 6.42. The Bertz CT molecular complexity index is 161. The highest BCUT2D eigenvalue weighted by molar-refractivity contribution is 4.80. The van der Waals surface area contributed by atoms with Gasteiger partial charge in [-0.1, -0.05) is 6.42 Å². The van der Waals surface area contributed by atoms with Gasteiger partial charge in [-0.3, -0.25) is 0 Å². The van der Waals surface area contributed by atoms with Gasteiger partial charge in [-0.15, -0.1) is 0 Å². The van der Waals surface area contributed by atoms with Gasteiger partial charge < -0.3 is 17.2 Å². The lowest BCUT2D eigenvalue weighted by atomic mass is 9.70. The lowest BCUT2D eigenvalue weighted by Crippen LogP contribution is -2.29. The Morgan fingerprint density at radius 2 is 1.33 bits per heavy atom. The van der Waals surface area contributed by atoms with E-state index in [1.54, 1.807) is 0 Å². The van der Waals surface area contributed by atoms with Crippen LogP contribution in [0.15, 0.2) is 0 Å². The van der Waals surface area contributed by atoms with E-state index >= 15 is 0 Å². The van der Waals surface area contributed by atoms with Gasteiger partial charge in [0.05, 0.1) is 0 Å². The standard InChI is InChI=1S/C12H27N3/c13-6-3-10-1-2-11(4-7-14)12(9-10)5-8-15/h10-12H,1-9,13-15H2. The molecule has 1 rings (SSSR count). The molecule has 0 aromatic carbocycles. The van der Waals surface area contributed by atoms with Crippen LogP contribution in [-0.4, -0.2) is 19.6 Å². The highest BCUT2D eigenvalue weighted by Crippen LogP contribution is 2.38. The molecule has 15 heavy (non-hydrogen) atoms. The summed E-state index contributed by atoms with van der Waals surface area (Å²) in [4.78, 5) is 0. The lowest BCUT2D eigenvalue weighted by Gasteiger charge is -2.36. The zero-order chi connectivity index (χ0) is 11.1. The van der Waals surface area contributed by atoms with Crippen molar-refractivity contribution in [3.05, 3.63) is 0 Å². The largest absolute Gasteiger partial charge is 0.330 e. The normalized spacial score (nSPS) is 31.8. The minimum Gasteiger partial charge on any atom is -0.330 e. The van der Waals surface area contributed by atoms with Crippen LogP contribution in [0.4, 0.5) is 0 Å². The van der Waals surface area contributed by atoms with Crippen molar-refractivity contribution in [2.45, 2.75) is 38.5 Å². The van der Waals surface area contributed by atoms with Crippen LogP contribution in [0.3, 0.4) is 0 Å². The maximum absolute atomic E-state index is 5.68. The monoisotopic (exact) mass is 213 g/mol. The topological polar surface area (TPSA) is 78.1 Å². The first kappa shape index (κ1) is 12.9. The number of hydrogen-bond donors (Lipinski definition) is 3. The molecule has 0 bridgehead atoms. The Hall–Kier alpha value is -0.120. The second-order valence-electron chi connectivity index (χ2n) is 4.93. The Kier molecular flexibility index (Phi) is 6.22. The van der Waals surface area contributed by atoms with Crippen LogP contribution in [0.1, 0.15) is 38.5 Å². The van der Waals surface area contributed by atoms with Crippen LogP contribution < -0.4 is 17.2 Å². The Labute approximate surface area is 93.8 Å². The van der Waals surface area contributed by atoms with E-state index in [0.29, 0.717) is 0 Å². The minimum absolute atomic E-state index is 0.809. The molecule has 0 spiro atoms. The third kappa shape index (κ3) is 4.09. The third-order valence-corrected chi connectivity index (χ3v) is 3.90. The number of rotatable bonds is 6. The first-order valence-electron chi connectivity index (χ1n) is 6.42. The molecular weight excluding hydrogens is 186 g/mol. The van der Waals surface area contributed by atoms with Crippen LogP contribution in [0.5, 0.6) is 0 Å². The van der Waals surface area contributed by atoms with Crippen molar-refractivity contribution in [2.75, 3.05) is 19.6 Å². The van der Waals surface area contributed by atoms with Crippen molar-refractivity contribution in [3.63, 3.8) is 0 Å². The second kappa shape index (κ2) is 7.20. The molecule has 0 radical (unpaired) electrons. The molecule has 1 aliphatic rings. The Balaban J connectivity index is 2.41. The van der Waals surface area contributed by atoms with E-state index in [1.165, 1.54) is 38.5 Å². The summed E-state index contributed by atoms with van der Waals surface area (Å²) in [5.74, 6) is 2.48. The highest BCUT2D eigenvalue weighted by Gasteiger charge is 2.28. The SMILES string of the molecule is NCCC1CCC(CCN)C(CCN)C1. The van der Waals surface area contributed by atoms with Crippen LogP contribution in [0.2, 0.25) is 0 Å². The van der Waals surface area contributed by atoms with Crippen molar-refractivity contribution in [1.29, 1.82) is 0 Å². The van der Waals surface area contributed by atoms with Gasteiger partial charge >= 0.3 is 0 Å². The molecule has 1 fully saturated rings. The molecule has 0 aliphatic heterocycles. The van der Waals surface area contributed by atoms with Crippen molar-refractivity contribution in [2.24, 2.45) is 35.0 Å². The zero-order valence-electron chi connectivity index (χ0n) is 9.83. The molecule has 0 heterocycles. The average Bonchev–Trinajstić information content (AvgIpc) is 2.23. The quantitative estimate of drug-likeness (QED) is 0.617. The molecule has 3 heteroatoms. The Morgan fingerprint density at radius 1 is 0.733 bits per heavy atom. The van der Waals surface area contributed by atoms with Gasteiger partial charge in [-0.25, -0.2) is 0 Å². The zero-order valence-corrected chi connectivity index (χ0v) is 9.83. The lowest BCUT2D eigenvalue weighted by molar-refractivity contribution is 0.160. The van der Waals surface area contributed by atoms with E-state index in [1.807, 2.05) is 0 Å². The molecule has 0 aromatic heterocycles.